The number of furan rings is 1. The lowest BCUT2D eigenvalue weighted by molar-refractivity contribution is -0.138. The Labute approximate surface area is 139 Å². The fourth-order valence-corrected chi connectivity index (χ4v) is 2.30. The molecular weight excluding hydrogens is 313 g/mol. The van der Waals surface area contributed by atoms with E-state index in [1.807, 2.05) is 0 Å². The van der Waals surface area contributed by atoms with Gasteiger partial charge in [0.1, 0.15) is 17.3 Å². The number of hydrogen-bond acceptors (Lipinski definition) is 3. The number of rotatable bonds is 8. The van der Waals surface area contributed by atoms with Crippen LogP contribution >= 0.6 is 0 Å². The lowest BCUT2D eigenvalue weighted by Crippen LogP contribution is -2.29. The summed E-state index contributed by atoms with van der Waals surface area (Å²) in [5.74, 6) is -0.504. The van der Waals surface area contributed by atoms with Crippen LogP contribution in [-0.2, 0) is 16.0 Å². The Balaban J connectivity index is 1.82. The maximum Gasteiger partial charge on any atom is 0.303 e. The van der Waals surface area contributed by atoms with E-state index in [0.29, 0.717) is 30.0 Å². The third-order valence-corrected chi connectivity index (χ3v) is 3.57. The zero-order valence-electron chi connectivity index (χ0n) is 13.4. The molecule has 0 fully saturated rings. The van der Waals surface area contributed by atoms with Crippen LogP contribution in [0.3, 0.4) is 0 Å². The van der Waals surface area contributed by atoms with Gasteiger partial charge in [-0.15, -0.1) is 0 Å². The largest absolute Gasteiger partial charge is 0.481 e. The zero-order chi connectivity index (χ0) is 17.5. The SMILES string of the molecule is CC(CNC(=O)CCc1ccc(-c2ccccc2F)o1)CC(=O)O. The van der Waals surface area contributed by atoms with Crippen LogP contribution in [0, 0.1) is 11.7 Å². The van der Waals surface area contributed by atoms with Crippen LogP contribution in [0.2, 0.25) is 0 Å². The van der Waals surface area contributed by atoms with Crippen molar-refractivity contribution in [1.82, 2.24) is 5.32 Å². The van der Waals surface area contributed by atoms with E-state index in [9.17, 15) is 14.0 Å². The van der Waals surface area contributed by atoms with Crippen molar-refractivity contribution < 1.29 is 23.5 Å². The van der Waals surface area contributed by atoms with E-state index in [0.717, 1.165) is 0 Å². The number of nitrogens with one attached hydrogen (secondary N) is 1. The first-order chi connectivity index (χ1) is 11.5. The minimum atomic E-state index is -0.881. The molecular formula is C18H20FNO4. The summed E-state index contributed by atoms with van der Waals surface area (Å²) in [5, 5.41) is 11.4. The van der Waals surface area contributed by atoms with Crippen molar-refractivity contribution in [2.24, 2.45) is 5.92 Å². The molecule has 5 nitrogen and oxygen atoms in total. The quantitative estimate of drug-likeness (QED) is 0.777. The first-order valence-electron chi connectivity index (χ1n) is 7.78. The molecule has 1 aromatic carbocycles. The number of amides is 1. The summed E-state index contributed by atoms with van der Waals surface area (Å²) in [4.78, 5) is 22.3. The highest BCUT2D eigenvalue weighted by Crippen LogP contribution is 2.25. The predicted octanol–water partition coefficient (Wildman–Crippen LogP) is 3.25. The molecule has 0 aliphatic heterocycles. The molecule has 1 amide bonds. The van der Waals surface area contributed by atoms with Gasteiger partial charge in [-0.25, -0.2) is 4.39 Å². The fraction of sp³-hybridized carbons (Fsp3) is 0.333. The van der Waals surface area contributed by atoms with Crippen LogP contribution in [0.1, 0.15) is 25.5 Å². The molecule has 24 heavy (non-hydrogen) atoms. The molecule has 2 rings (SSSR count). The fourth-order valence-electron chi connectivity index (χ4n) is 2.30. The van der Waals surface area contributed by atoms with Gasteiger partial charge in [0.2, 0.25) is 5.91 Å². The summed E-state index contributed by atoms with van der Waals surface area (Å²) in [7, 11) is 0. The van der Waals surface area contributed by atoms with Gasteiger partial charge in [-0.1, -0.05) is 19.1 Å². The van der Waals surface area contributed by atoms with Gasteiger partial charge >= 0.3 is 5.97 Å². The van der Waals surface area contributed by atoms with Crippen molar-refractivity contribution in [3.8, 4) is 11.3 Å². The smallest absolute Gasteiger partial charge is 0.303 e. The van der Waals surface area contributed by atoms with E-state index in [2.05, 4.69) is 5.32 Å². The summed E-state index contributed by atoms with van der Waals surface area (Å²) in [6, 6.07) is 9.74. The molecule has 0 aliphatic carbocycles. The Bertz CT molecular complexity index is 711. The number of hydrogen-bond donors (Lipinski definition) is 2. The van der Waals surface area contributed by atoms with E-state index in [4.69, 9.17) is 9.52 Å². The first-order valence-corrected chi connectivity index (χ1v) is 7.78. The Morgan fingerprint density at radius 2 is 2.00 bits per heavy atom. The average Bonchev–Trinajstić information content (AvgIpc) is 2.99. The summed E-state index contributed by atoms with van der Waals surface area (Å²) >= 11 is 0. The molecule has 1 heterocycles. The molecule has 128 valence electrons. The number of benzene rings is 1. The van der Waals surface area contributed by atoms with Crippen LogP contribution in [0.25, 0.3) is 11.3 Å². The van der Waals surface area contributed by atoms with E-state index in [-0.39, 0.29) is 30.5 Å². The van der Waals surface area contributed by atoms with Gasteiger partial charge in [-0.2, -0.15) is 0 Å². The molecule has 0 radical (unpaired) electrons. The summed E-state index contributed by atoms with van der Waals surface area (Å²) in [6.07, 6.45) is 0.641. The van der Waals surface area contributed by atoms with E-state index in [1.54, 1.807) is 37.3 Å². The van der Waals surface area contributed by atoms with Crippen LogP contribution < -0.4 is 5.32 Å². The zero-order valence-corrected chi connectivity index (χ0v) is 13.4. The van der Waals surface area contributed by atoms with Crippen molar-refractivity contribution in [3.05, 3.63) is 48.0 Å². The highest BCUT2D eigenvalue weighted by molar-refractivity contribution is 5.76. The van der Waals surface area contributed by atoms with Crippen LogP contribution in [0.15, 0.2) is 40.8 Å². The third-order valence-electron chi connectivity index (χ3n) is 3.57. The molecule has 1 unspecified atom stereocenters. The molecule has 0 saturated heterocycles. The molecule has 2 aromatic rings. The number of carbonyl (C=O) groups excluding carboxylic acids is 1. The molecule has 6 heteroatoms. The Morgan fingerprint density at radius 3 is 2.71 bits per heavy atom. The van der Waals surface area contributed by atoms with Crippen molar-refractivity contribution >= 4 is 11.9 Å². The van der Waals surface area contributed by atoms with E-state index >= 15 is 0 Å². The Kier molecular flexibility index (Phi) is 6.12. The molecule has 1 atom stereocenters. The number of carbonyl (C=O) groups is 2. The van der Waals surface area contributed by atoms with Gasteiger partial charge in [0, 0.05) is 25.8 Å². The van der Waals surface area contributed by atoms with Gasteiger partial charge in [0.05, 0.1) is 5.56 Å². The second-order valence-electron chi connectivity index (χ2n) is 5.75. The monoisotopic (exact) mass is 333 g/mol. The van der Waals surface area contributed by atoms with Crippen molar-refractivity contribution in [2.45, 2.75) is 26.2 Å². The minimum absolute atomic E-state index is 0.0183. The average molecular weight is 333 g/mol. The van der Waals surface area contributed by atoms with E-state index in [1.165, 1.54) is 6.07 Å². The Hall–Kier alpha value is -2.63. The third kappa shape index (κ3) is 5.22. The van der Waals surface area contributed by atoms with Crippen molar-refractivity contribution in [3.63, 3.8) is 0 Å². The first kappa shape index (κ1) is 17.7. The number of carboxylic acid groups (broad SMARTS) is 1. The number of aliphatic carboxylic acids is 1. The molecule has 2 N–H and O–H groups in total. The van der Waals surface area contributed by atoms with Crippen molar-refractivity contribution in [2.75, 3.05) is 6.54 Å². The van der Waals surface area contributed by atoms with Gasteiger partial charge < -0.3 is 14.8 Å². The molecule has 0 spiro atoms. The standard InChI is InChI=1S/C18H20FNO4/c1-12(10-18(22)23)11-20-17(21)9-7-13-6-8-16(24-13)14-4-2-3-5-15(14)19/h2-6,8,12H,7,9-11H2,1H3,(H,20,21)(H,22,23). The van der Waals surface area contributed by atoms with Crippen LogP contribution in [0.4, 0.5) is 4.39 Å². The van der Waals surface area contributed by atoms with Crippen molar-refractivity contribution in [1.29, 1.82) is 0 Å². The maximum atomic E-state index is 13.7. The van der Waals surface area contributed by atoms with Crippen LogP contribution in [0.5, 0.6) is 0 Å². The summed E-state index contributed by atoms with van der Waals surface area (Å²) in [5.41, 5.74) is 0.385. The topological polar surface area (TPSA) is 79.5 Å². The molecule has 1 aromatic heterocycles. The van der Waals surface area contributed by atoms with E-state index < -0.39 is 5.97 Å². The minimum Gasteiger partial charge on any atom is -0.481 e. The predicted molar refractivity (Wildman–Crippen MR) is 86.8 cm³/mol. The van der Waals surface area contributed by atoms with Gasteiger partial charge in [-0.05, 0) is 30.2 Å². The maximum absolute atomic E-state index is 13.7. The number of halogens is 1. The van der Waals surface area contributed by atoms with Gasteiger partial charge in [0.25, 0.3) is 0 Å². The lowest BCUT2D eigenvalue weighted by atomic mass is 10.1. The summed E-state index contributed by atoms with van der Waals surface area (Å²) in [6.45, 7) is 2.09. The van der Waals surface area contributed by atoms with Gasteiger partial charge in [0.15, 0.2) is 0 Å². The second kappa shape index (κ2) is 8.29. The molecule has 0 aliphatic rings. The summed E-state index contributed by atoms with van der Waals surface area (Å²) < 4.78 is 19.3. The highest BCUT2D eigenvalue weighted by Gasteiger charge is 2.12. The Morgan fingerprint density at radius 1 is 1.25 bits per heavy atom. The number of aryl methyl sites for hydroxylation is 1. The van der Waals surface area contributed by atoms with Crippen LogP contribution in [-0.4, -0.2) is 23.5 Å². The highest BCUT2D eigenvalue weighted by atomic mass is 19.1. The number of carboxylic acids is 1. The lowest BCUT2D eigenvalue weighted by Gasteiger charge is -2.09. The molecule has 0 saturated carbocycles. The molecule has 0 bridgehead atoms. The normalized spacial score (nSPS) is 11.9. The van der Waals surface area contributed by atoms with Gasteiger partial charge in [-0.3, -0.25) is 9.59 Å². The second-order valence-corrected chi connectivity index (χ2v) is 5.75.